The minimum atomic E-state index is 0.259. The van der Waals surface area contributed by atoms with Gasteiger partial charge in [0.15, 0.2) is 0 Å². The average Bonchev–Trinajstić information content (AvgIpc) is 2.98. The maximum atomic E-state index is 5.42. The van der Waals surface area contributed by atoms with Crippen LogP contribution in [-0.2, 0) is 6.42 Å². The summed E-state index contributed by atoms with van der Waals surface area (Å²) < 4.78 is 10.6. The van der Waals surface area contributed by atoms with Gasteiger partial charge in [0.2, 0.25) is 0 Å². The molecular weight excluding hydrogens is 238 g/mol. The van der Waals surface area contributed by atoms with E-state index in [1.54, 1.807) is 13.4 Å². The van der Waals surface area contributed by atoms with Crippen LogP contribution in [0.25, 0.3) is 0 Å². The third-order valence-electron chi connectivity index (χ3n) is 3.20. The van der Waals surface area contributed by atoms with E-state index in [-0.39, 0.29) is 6.04 Å². The summed E-state index contributed by atoms with van der Waals surface area (Å²) in [5, 5.41) is 3.56. The number of methoxy groups -OCH3 is 1. The van der Waals surface area contributed by atoms with Crippen LogP contribution in [-0.4, -0.2) is 13.7 Å². The van der Waals surface area contributed by atoms with Crippen LogP contribution in [0, 0.1) is 0 Å². The van der Waals surface area contributed by atoms with Gasteiger partial charge < -0.3 is 14.5 Å². The lowest BCUT2D eigenvalue weighted by Gasteiger charge is -2.18. The van der Waals surface area contributed by atoms with E-state index in [2.05, 4.69) is 18.3 Å². The van der Waals surface area contributed by atoms with Gasteiger partial charge in [-0.15, -0.1) is 0 Å². The summed E-state index contributed by atoms with van der Waals surface area (Å²) in [6, 6.07) is 10.4. The van der Waals surface area contributed by atoms with E-state index in [9.17, 15) is 0 Å². The van der Waals surface area contributed by atoms with Crippen molar-refractivity contribution in [3.05, 3.63) is 54.0 Å². The first-order chi connectivity index (χ1) is 9.35. The van der Waals surface area contributed by atoms with Crippen molar-refractivity contribution in [1.82, 2.24) is 5.32 Å². The van der Waals surface area contributed by atoms with Crippen molar-refractivity contribution in [1.29, 1.82) is 0 Å². The van der Waals surface area contributed by atoms with Gasteiger partial charge >= 0.3 is 0 Å². The summed E-state index contributed by atoms with van der Waals surface area (Å²) in [6.45, 7) is 3.16. The van der Waals surface area contributed by atoms with Gasteiger partial charge in [-0.05, 0) is 37.1 Å². The minimum absolute atomic E-state index is 0.259. The van der Waals surface area contributed by atoms with Gasteiger partial charge in [0, 0.05) is 11.6 Å². The molecule has 1 N–H and O–H groups in total. The molecule has 0 saturated carbocycles. The fraction of sp³-hybridized carbons (Fsp3) is 0.375. The molecule has 0 saturated heterocycles. The van der Waals surface area contributed by atoms with Gasteiger partial charge in [0.1, 0.15) is 5.75 Å². The van der Waals surface area contributed by atoms with Gasteiger partial charge in [-0.2, -0.15) is 0 Å². The zero-order chi connectivity index (χ0) is 13.5. The lowest BCUT2D eigenvalue weighted by atomic mass is 10.00. The fourth-order valence-electron chi connectivity index (χ4n) is 2.19. The Bertz CT molecular complexity index is 479. The summed E-state index contributed by atoms with van der Waals surface area (Å²) >= 11 is 0. The van der Waals surface area contributed by atoms with Crippen molar-refractivity contribution in [2.45, 2.75) is 25.8 Å². The molecule has 1 atom stereocenters. The van der Waals surface area contributed by atoms with Crippen LogP contribution in [0.1, 0.15) is 30.5 Å². The molecule has 1 aromatic carbocycles. The van der Waals surface area contributed by atoms with Gasteiger partial charge in [-0.1, -0.05) is 25.1 Å². The maximum absolute atomic E-state index is 5.42. The molecule has 0 spiro atoms. The Labute approximate surface area is 114 Å². The molecule has 0 radical (unpaired) electrons. The Kier molecular flexibility index (Phi) is 5.04. The second-order valence-corrected chi connectivity index (χ2v) is 4.58. The van der Waals surface area contributed by atoms with Crippen LogP contribution >= 0.6 is 0 Å². The van der Waals surface area contributed by atoms with Crippen LogP contribution in [0.4, 0.5) is 0 Å². The molecule has 0 amide bonds. The zero-order valence-corrected chi connectivity index (χ0v) is 11.6. The zero-order valence-electron chi connectivity index (χ0n) is 11.6. The highest BCUT2D eigenvalue weighted by Crippen LogP contribution is 2.25. The first-order valence-corrected chi connectivity index (χ1v) is 6.72. The third-order valence-corrected chi connectivity index (χ3v) is 3.20. The molecule has 3 nitrogen and oxygen atoms in total. The Balaban J connectivity index is 2.15. The number of furan rings is 1. The SMILES string of the molecule is CCCNC(Cc1ccccc1OC)c1ccoc1. The summed E-state index contributed by atoms with van der Waals surface area (Å²) in [6.07, 6.45) is 5.53. The molecule has 1 aromatic heterocycles. The van der Waals surface area contributed by atoms with Crippen LogP contribution < -0.4 is 10.1 Å². The summed E-state index contributed by atoms with van der Waals surface area (Å²) in [4.78, 5) is 0. The highest BCUT2D eigenvalue weighted by molar-refractivity contribution is 5.34. The van der Waals surface area contributed by atoms with E-state index in [0.717, 1.165) is 25.1 Å². The predicted molar refractivity (Wildman–Crippen MR) is 76.4 cm³/mol. The average molecular weight is 259 g/mol. The summed E-state index contributed by atoms with van der Waals surface area (Å²) in [5.41, 5.74) is 2.39. The molecule has 2 rings (SSSR count). The van der Waals surface area contributed by atoms with Crippen LogP contribution in [0.2, 0.25) is 0 Å². The number of para-hydroxylation sites is 1. The van der Waals surface area contributed by atoms with E-state index >= 15 is 0 Å². The summed E-state index contributed by atoms with van der Waals surface area (Å²) in [5.74, 6) is 0.939. The van der Waals surface area contributed by atoms with Crippen molar-refractivity contribution in [3.63, 3.8) is 0 Å². The van der Waals surface area contributed by atoms with E-state index in [1.165, 1.54) is 11.1 Å². The number of ether oxygens (including phenoxy) is 1. The van der Waals surface area contributed by atoms with Crippen molar-refractivity contribution < 1.29 is 9.15 Å². The Morgan fingerprint density at radius 3 is 2.79 bits per heavy atom. The van der Waals surface area contributed by atoms with Gasteiger partial charge in [-0.3, -0.25) is 0 Å². The first kappa shape index (κ1) is 13.7. The molecule has 0 aliphatic heterocycles. The highest BCUT2D eigenvalue weighted by Gasteiger charge is 2.14. The van der Waals surface area contributed by atoms with Crippen LogP contribution in [0.5, 0.6) is 5.75 Å². The van der Waals surface area contributed by atoms with Crippen LogP contribution in [0.15, 0.2) is 47.3 Å². The summed E-state index contributed by atoms with van der Waals surface area (Å²) in [7, 11) is 1.71. The fourth-order valence-corrected chi connectivity index (χ4v) is 2.19. The number of rotatable bonds is 7. The van der Waals surface area contributed by atoms with Crippen LogP contribution in [0.3, 0.4) is 0 Å². The molecule has 1 heterocycles. The minimum Gasteiger partial charge on any atom is -0.496 e. The molecule has 0 aliphatic rings. The van der Waals surface area contributed by atoms with Gasteiger partial charge in [-0.25, -0.2) is 0 Å². The molecule has 3 heteroatoms. The molecular formula is C16H21NO2. The smallest absolute Gasteiger partial charge is 0.122 e. The molecule has 19 heavy (non-hydrogen) atoms. The Morgan fingerprint density at radius 2 is 2.11 bits per heavy atom. The number of hydrogen-bond acceptors (Lipinski definition) is 3. The standard InChI is InChI=1S/C16H21NO2/c1-3-9-17-15(14-8-10-19-12-14)11-13-6-4-5-7-16(13)18-2/h4-8,10,12,15,17H,3,9,11H2,1-2H3. The van der Waals surface area contributed by atoms with E-state index in [1.807, 2.05) is 30.5 Å². The van der Waals surface area contributed by atoms with E-state index in [4.69, 9.17) is 9.15 Å². The Morgan fingerprint density at radius 1 is 1.26 bits per heavy atom. The number of hydrogen-bond donors (Lipinski definition) is 1. The molecule has 0 bridgehead atoms. The highest BCUT2D eigenvalue weighted by atomic mass is 16.5. The monoisotopic (exact) mass is 259 g/mol. The van der Waals surface area contributed by atoms with E-state index < -0.39 is 0 Å². The maximum Gasteiger partial charge on any atom is 0.122 e. The largest absolute Gasteiger partial charge is 0.496 e. The number of nitrogens with one attached hydrogen (secondary N) is 1. The number of benzene rings is 1. The molecule has 102 valence electrons. The lowest BCUT2D eigenvalue weighted by Crippen LogP contribution is -2.23. The van der Waals surface area contributed by atoms with Crippen molar-refractivity contribution in [3.8, 4) is 5.75 Å². The van der Waals surface area contributed by atoms with E-state index in [0.29, 0.717) is 0 Å². The normalized spacial score (nSPS) is 12.3. The quantitative estimate of drug-likeness (QED) is 0.825. The lowest BCUT2D eigenvalue weighted by molar-refractivity contribution is 0.405. The molecule has 2 aromatic rings. The molecule has 0 fully saturated rings. The second kappa shape index (κ2) is 7.00. The predicted octanol–water partition coefficient (Wildman–Crippen LogP) is 3.57. The van der Waals surface area contributed by atoms with Gasteiger partial charge in [0.05, 0.1) is 19.6 Å². The van der Waals surface area contributed by atoms with Crippen molar-refractivity contribution in [2.75, 3.05) is 13.7 Å². The first-order valence-electron chi connectivity index (χ1n) is 6.72. The Hall–Kier alpha value is -1.74. The van der Waals surface area contributed by atoms with Crippen molar-refractivity contribution >= 4 is 0 Å². The topological polar surface area (TPSA) is 34.4 Å². The second-order valence-electron chi connectivity index (χ2n) is 4.58. The van der Waals surface area contributed by atoms with Gasteiger partial charge in [0.25, 0.3) is 0 Å². The molecule has 1 unspecified atom stereocenters. The van der Waals surface area contributed by atoms with Crippen molar-refractivity contribution in [2.24, 2.45) is 0 Å². The third kappa shape index (κ3) is 3.61. The molecule has 0 aliphatic carbocycles.